The van der Waals surface area contributed by atoms with Crippen LogP contribution < -0.4 is 0 Å². The third-order valence-corrected chi connectivity index (χ3v) is 9.08. The summed E-state index contributed by atoms with van der Waals surface area (Å²) in [5, 5.41) is 1.29. The largest absolute Gasteiger partial charge is 0.203 e. The van der Waals surface area contributed by atoms with Gasteiger partial charge in [-0.15, -0.1) is 0 Å². The monoisotopic (exact) mass is 454 g/mol. The molecule has 2 aromatic rings. The zero-order valence-electron chi connectivity index (χ0n) is 21.0. The third-order valence-electron chi connectivity index (χ3n) is 9.08. The fourth-order valence-corrected chi connectivity index (χ4v) is 6.72. The first-order chi connectivity index (χ1) is 16.1. The number of benzene rings is 2. The van der Waals surface area contributed by atoms with Gasteiger partial charge in [0, 0.05) is 5.39 Å². The van der Waals surface area contributed by atoms with Gasteiger partial charge in [0.15, 0.2) is 11.6 Å². The zero-order valence-corrected chi connectivity index (χ0v) is 21.0. The predicted molar refractivity (Wildman–Crippen MR) is 137 cm³/mol. The topological polar surface area (TPSA) is 0 Å². The van der Waals surface area contributed by atoms with E-state index < -0.39 is 11.6 Å². The Hall–Kier alpha value is -1.44. The van der Waals surface area contributed by atoms with Crippen LogP contribution in [0, 0.1) is 35.3 Å². The molecule has 4 rings (SSSR count). The van der Waals surface area contributed by atoms with Crippen molar-refractivity contribution in [2.75, 3.05) is 0 Å². The lowest BCUT2D eigenvalue weighted by molar-refractivity contribution is 0.142. The summed E-state index contributed by atoms with van der Waals surface area (Å²) in [7, 11) is 0. The van der Waals surface area contributed by atoms with E-state index in [1.165, 1.54) is 70.6 Å². The molecule has 0 heterocycles. The number of unbranched alkanes of at least 4 members (excludes halogenated alkanes) is 2. The summed E-state index contributed by atoms with van der Waals surface area (Å²) in [4.78, 5) is 0. The van der Waals surface area contributed by atoms with Crippen LogP contribution in [0.5, 0.6) is 0 Å². The number of rotatable bonds is 9. The van der Waals surface area contributed by atoms with Crippen molar-refractivity contribution in [2.45, 2.75) is 110 Å². The predicted octanol–water partition coefficient (Wildman–Crippen LogP) is 9.81. The molecule has 2 saturated carbocycles. The average Bonchev–Trinajstić information content (AvgIpc) is 2.86. The van der Waals surface area contributed by atoms with Crippen LogP contribution in [0.25, 0.3) is 10.8 Å². The highest BCUT2D eigenvalue weighted by Gasteiger charge is 2.30. The molecule has 0 N–H and O–H groups in total. The lowest BCUT2D eigenvalue weighted by Crippen LogP contribution is -2.25. The molecule has 0 saturated heterocycles. The smallest absolute Gasteiger partial charge is 0.166 e. The maximum atomic E-state index is 14.9. The van der Waals surface area contributed by atoms with Crippen LogP contribution in [0.15, 0.2) is 24.3 Å². The van der Waals surface area contributed by atoms with E-state index in [9.17, 15) is 8.78 Å². The summed E-state index contributed by atoms with van der Waals surface area (Å²) in [5.74, 6) is 2.25. The standard InChI is InChI=1S/C31H44F2/c1-3-5-6-7-24-13-18-27-21-28(30(32)31(33)29(27)20-24)19-12-23-10-16-26(17-11-23)25-14-8-22(4-2)9-15-25/h13,18,20-23,25-26H,3-12,14-17,19H2,1-2H3. The van der Waals surface area contributed by atoms with Gasteiger partial charge in [0.05, 0.1) is 0 Å². The summed E-state index contributed by atoms with van der Waals surface area (Å²) < 4.78 is 29.8. The number of aryl methyl sites for hydroxylation is 2. The van der Waals surface area contributed by atoms with Gasteiger partial charge in [-0.1, -0.05) is 70.9 Å². The van der Waals surface area contributed by atoms with Gasteiger partial charge in [-0.25, -0.2) is 8.78 Å². The molecule has 2 aliphatic carbocycles. The second kappa shape index (κ2) is 11.8. The van der Waals surface area contributed by atoms with Crippen LogP contribution in [0.2, 0.25) is 0 Å². The van der Waals surface area contributed by atoms with E-state index in [-0.39, 0.29) is 0 Å². The first kappa shape index (κ1) is 24.7. The van der Waals surface area contributed by atoms with Crippen LogP contribution in [-0.4, -0.2) is 0 Å². The van der Waals surface area contributed by atoms with Gasteiger partial charge in [0.25, 0.3) is 0 Å². The van der Waals surface area contributed by atoms with Crippen molar-refractivity contribution in [3.05, 3.63) is 47.0 Å². The van der Waals surface area contributed by atoms with Crippen molar-refractivity contribution < 1.29 is 8.78 Å². The normalized spacial score (nSPS) is 26.1. The van der Waals surface area contributed by atoms with Crippen LogP contribution in [0.3, 0.4) is 0 Å². The van der Waals surface area contributed by atoms with Gasteiger partial charge < -0.3 is 0 Å². The second-order valence-electron chi connectivity index (χ2n) is 11.2. The first-order valence-electron chi connectivity index (χ1n) is 14.0. The molecule has 0 aliphatic heterocycles. The minimum absolute atomic E-state index is 0.448. The molecular weight excluding hydrogens is 410 g/mol. The van der Waals surface area contributed by atoms with Gasteiger partial charge in [-0.3, -0.25) is 0 Å². The van der Waals surface area contributed by atoms with E-state index in [1.807, 2.05) is 18.2 Å². The van der Waals surface area contributed by atoms with E-state index in [4.69, 9.17) is 0 Å². The summed E-state index contributed by atoms with van der Waals surface area (Å²) in [5.41, 5.74) is 1.68. The molecule has 33 heavy (non-hydrogen) atoms. The highest BCUT2D eigenvalue weighted by Crippen LogP contribution is 2.42. The molecule has 0 aromatic heterocycles. The first-order valence-corrected chi connectivity index (χ1v) is 14.0. The Kier molecular flexibility index (Phi) is 8.83. The van der Waals surface area contributed by atoms with Gasteiger partial charge in [0.1, 0.15) is 0 Å². The quantitative estimate of drug-likeness (QED) is 0.331. The molecule has 2 fully saturated rings. The molecule has 2 aliphatic rings. The van der Waals surface area contributed by atoms with Crippen molar-refractivity contribution in [1.29, 1.82) is 0 Å². The number of halogens is 2. The van der Waals surface area contributed by atoms with Crippen molar-refractivity contribution in [3.8, 4) is 0 Å². The summed E-state index contributed by atoms with van der Waals surface area (Å²) in [6, 6.07) is 7.85. The molecule has 0 unspecified atom stereocenters. The SMILES string of the molecule is CCCCCc1ccc2cc(CCC3CCC(C4CCC(CC)CC4)CC3)c(F)c(F)c2c1. The highest BCUT2D eigenvalue weighted by molar-refractivity contribution is 5.84. The number of fused-ring (bicyclic) bond motifs is 1. The minimum Gasteiger partial charge on any atom is -0.203 e. The van der Waals surface area contributed by atoms with Gasteiger partial charge in [-0.2, -0.15) is 0 Å². The third kappa shape index (κ3) is 6.17. The van der Waals surface area contributed by atoms with Crippen LogP contribution in [0.4, 0.5) is 8.78 Å². The molecule has 0 bridgehead atoms. The summed E-state index contributed by atoms with van der Waals surface area (Å²) >= 11 is 0. The zero-order chi connectivity index (χ0) is 23.2. The summed E-state index contributed by atoms with van der Waals surface area (Å²) in [6.07, 6.45) is 18.4. The van der Waals surface area contributed by atoms with Gasteiger partial charge in [0.2, 0.25) is 0 Å². The van der Waals surface area contributed by atoms with Gasteiger partial charge >= 0.3 is 0 Å². The molecule has 0 amide bonds. The van der Waals surface area contributed by atoms with Crippen molar-refractivity contribution in [2.24, 2.45) is 23.7 Å². The van der Waals surface area contributed by atoms with E-state index in [0.717, 1.165) is 48.0 Å². The Morgan fingerprint density at radius 3 is 2.03 bits per heavy atom. The van der Waals surface area contributed by atoms with Crippen LogP contribution in [-0.2, 0) is 12.8 Å². The molecule has 2 aromatic carbocycles. The Bertz CT molecular complexity index is 885. The van der Waals surface area contributed by atoms with Crippen LogP contribution in [0.1, 0.15) is 108 Å². The Labute approximate surface area is 200 Å². The molecular formula is C31H44F2. The maximum Gasteiger partial charge on any atom is 0.166 e. The van der Waals surface area contributed by atoms with Crippen molar-refractivity contribution in [3.63, 3.8) is 0 Å². The Morgan fingerprint density at radius 1 is 0.727 bits per heavy atom. The summed E-state index contributed by atoms with van der Waals surface area (Å²) in [6.45, 7) is 4.52. The molecule has 182 valence electrons. The van der Waals surface area contributed by atoms with Crippen molar-refractivity contribution in [1.82, 2.24) is 0 Å². The highest BCUT2D eigenvalue weighted by atomic mass is 19.2. The molecule has 0 atom stereocenters. The number of hydrogen-bond donors (Lipinski definition) is 0. The molecule has 2 heteroatoms. The average molecular weight is 455 g/mol. The second-order valence-corrected chi connectivity index (χ2v) is 11.2. The Morgan fingerprint density at radius 2 is 1.39 bits per heavy atom. The lowest BCUT2D eigenvalue weighted by Gasteiger charge is -2.37. The van der Waals surface area contributed by atoms with Crippen molar-refractivity contribution >= 4 is 10.8 Å². The molecule has 0 radical (unpaired) electrons. The van der Waals surface area contributed by atoms with E-state index in [2.05, 4.69) is 19.9 Å². The fraction of sp³-hybridized carbons (Fsp3) is 0.677. The molecule has 0 nitrogen and oxygen atoms in total. The Balaban J connectivity index is 1.31. The van der Waals surface area contributed by atoms with Gasteiger partial charge in [-0.05, 0) is 104 Å². The van der Waals surface area contributed by atoms with E-state index in [0.29, 0.717) is 23.3 Å². The maximum absolute atomic E-state index is 14.9. The van der Waals surface area contributed by atoms with Crippen LogP contribution >= 0.6 is 0 Å². The fourth-order valence-electron chi connectivity index (χ4n) is 6.72. The molecule has 0 spiro atoms. The van der Waals surface area contributed by atoms with E-state index in [1.54, 1.807) is 0 Å². The minimum atomic E-state index is -0.647. The number of hydrogen-bond acceptors (Lipinski definition) is 0. The lowest BCUT2D eigenvalue weighted by atomic mass is 9.68. The van der Waals surface area contributed by atoms with E-state index >= 15 is 0 Å².